The molecule has 1 aliphatic carbocycles. The van der Waals surface area contributed by atoms with Crippen LogP contribution in [0.5, 0.6) is 0 Å². The van der Waals surface area contributed by atoms with Crippen molar-refractivity contribution in [2.24, 2.45) is 11.7 Å². The number of ether oxygens (including phenoxy) is 1. The number of amides is 2. The number of hydrogen-bond acceptors (Lipinski definition) is 4. The van der Waals surface area contributed by atoms with Crippen molar-refractivity contribution in [3.63, 3.8) is 0 Å². The summed E-state index contributed by atoms with van der Waals surface area (Å²) in [4.78, 5) is 24.2. The van der Waals surface area contributed by atoms with E-state index >= 15 is 0 Å². The first-order chi connectivity index (χ1) is 9.87. The van der Waals surface area contributed by atoms with Gasteiger partial charge < -0.3 is 21.1 Å². The molecule has 0 aromatic carbocycles. The summed E-state index contributed by atoms with van der Waals surface area (Å²) < 4.78 is 5.26. The van der Waals surface area contributed by atoms with E-state index in [2.05, 4.69) is 10.6 Å². The lowest BCUT2D eigenvalue weighted by Crippen LogP contribution is -2.54. The van der Waals surface area contributed by atoms with Gasteiger partial charge >= 0.3 is 6.09 Å². The van der Waals surface area contributed by atoms with Crippen LogP contribution in [0.4, 0.5) is 4.79 Å². The molecule has 6 nitrogen and oxygen atoms in total. The van der Waals surface area contributed by atoms with E-state index in [1.807, 2.05) is 41.5 Å². The van der Waals surface area contributed by atoms with Crippen molar-refractivity contribution in [2.75, 3.05) is 0 Å². The van der Waals surface area contributed by atoms with E-state index in [9.17, 15) is 9.59 Å². The zero-order valence-corrected chi connectivity index (χ0v) is 14.7. The number of nitrogens with two attached hydrogens (primary N) is 1. The summed E-state index contributed by atoms with van der Waals surface area (Å²) in [6.45, 7) is 11.3. The molecule has 0 heterocycles. The van der Waals surface area contributed by atoms with Gasteiger partial charge in [-0.25, -0.2) is 4.79 Å². The second-order valence-electron chi connectivity index (χ2n) is 8.17. The van der Waals surface area contributed by atoms with E-state index in [4.69, 9.17) is 10.5 Å². The first-order valence-electron chi connectivity index (χ1n) is 7.94. The maximum atomic E-state index is 12.3. The summed E-state index contributed by atoms with van der Waals surface area (Å²) in [5.74, 6) is -0.102. The van der Waals surface area contributed by atoms with Gasteiger partial charge in [-0.15, -0.1) is 0 Å². The van der Waals surface area contributed by atoms with Crippen molar-refractivity contribution in [1.82, 2.24) is 10.6 Å². The Kier molecular flexibility index (Phi) is 5.84. The molecular formula is C16H31N3O3. The molecule has 0 bridgehead atoms. The van der Waals surface area contributed by atoms with Crippen LogP contribution in [0, 0.1) is 5.92 Å². The fourth-order valence-electron chi connectivity index (χ4n) is 2.53. The second kappa shape index (κ2) is 6.86. The van der Waals surface area contributed by atoms with Gasteiger partial charge in [0, 0.05) is 23.5 Å². The number of hydrogen-bond donors (Lipinski definition) is 3. The first-order valence-corrected chi connectivity index (χ1v) is 7.94. The minimum atomic E-state index is -0.550. The highest BCUT2D eigenvalue weighted by Gasteiger charge is 2.34. The summed E-state index contributed by atoms with van der Waals surface area (Å²) in [6.07, 6.45) is 1.52. The van der Waals surface area contributed by atoms with Crippen LogP contribution < -0.4 is 16.4 Å². The normalized spacial score (nSPS) is 26.2. The van der Waals surface area contributed by atoms with Crippen LogP contribution in [-0.4, -0.2) is 35.2 Å². The molecule has 2 amide bonds. The van der Waals surface area contributed by atoms with Gasteiger partial charge in [0.1, 0.15) is 5.60 Å². The monoisotopic (exact) mass is 313 g/mol. The van der Waals surface area contributed by atoms with Crippen molar-refractivity contribution >= 4 is 12.0 Å². The lowest BCUT2D eigenvalue weighted by atomic mass is 9.82. The molecule has 6 heteroatoms. The van der Waals surface area contributed by atoms with Crippen LogP contribution in [0.15, 0.2) is 0 Å². The van der Waals surface area contributed by atoms with Crippen LogP contribution in [-0.2, 0) is 9.53 Å². The SMILES string of the molecule is CC(C)(C)NC(=O)C1CCC(N)C(NC(=O)OC(C)(C)C)C1. The molecule has 3 atom stereocenters. The van der Waals surface area contributed by atoms with Gasteiger partial charge in [-0.1, -0.05) is 0 Å². The van der Waals surface area contributed by atoms with Crippen LogP contribution in [0.1, 0.15) is 60.8 Å². The molecular weight excluding hydrogens is 282 g/mol. The molecule has 0 saturated heterocycles. The van der Waals surface area contributed by atoms with Gasteiger partial charge in [0.15, 0.2) is 0 Å². The second-order valence-corrected chi connectivity index (χ2v) is 8.17. The van der Waals surface area contributed by atoms with Crippen LogP contribution >= 0.6 is 0 Å². The highest BCUT2D eigenvalue weighted by atomic mass is 16.6. The van der Waals surface area contributed by atoms with Gasteiger partial charge in [0.2, 0.25) is 5.91 Å². The van der Waals surface area contributed by atoms with Crippen LogP contribution in [0.3, 0.4) is 0 Å². The van der Waals surface area contributed by atoms with E-state index in [1.54, 1.807) is 0 Å². The van der Waals surface area contributed by atoms with E-state index < -0.39 is 11.7 Å². The Bertz CT molecular complexity index is 410. The van der Waals surface area contributed by atoms with Crippen molar-refractivity contribution < 1.29 is 14.3 Å². The minimum absolute atomic E-state index is 0.0235. The average Bonchev–Trinajstić information content (AvgIpc) is 2.27. The molecule has 128 valence electrons. The molecule has 0 spiro atoms. The molecule has 4 N–H and O–H groups in total. The molecule has 1 aliphatic rings. The zero-order chi connectivity index (χ0) is 17.1. The quantitative estimate of drug-likeness (QED) is 0.726. The number of rotatable bonds is 2. The topological polar surface area (TPSA) is 93.5 Å². The standard InChI is InChI=1S/C16H31N3O3/c1-15(2,3)19-13(20)10-7-8-11(17)12(9-10)18-14(21)22-16(4,5)6/h10-12H,7-9,17H2,1-6H3,(H,18,21)(H,19,20). The van der Waals surface area contributed by atoms with Gasteiger partial charge in [-0.05, 0) is 60.8 Å². The third-order valence-electron chi connectivity index (χ3n) is 3.47. The Labute approximate surface area is 133 Å². The van der Waals surface area contributed by atoms with Crippen molar-refractivity contribution in [2.45, 2.75) is 84.0 Å². The maximum Gasteiger partial charge on any atom is 0.407 e. The summed E-state index contributed by atoms with van der Waals surface area (Å²) in [5, 5.41) is 5.80. The largest absolute Gasteiger partial charge is 0.444 e. The first kappa shape index (κ1) is 18.7. The molecule has 1 fully saturated rings. The summed E-state index contributed by atoms with van der Waals surface area (Å²) in [6, 6.07) is -0.384. The zero-order valence-electron chi connectivity index (χ0n) is 14.7. The molecule has 0 aromatic heterocycles. The average molecular weight is 313 g/mol. The summed E-state index contributed by atoms with van der Waals surface area (Å²) in [5.41, 5.74) is 5.27. The highest BCUT2D eigenvalue weighted by Crippen LogP contribution is 2.25. The van der Waals surface area contributed by atoms with E-state index in [0.29, 0.717) is 12.8 Å². The van der Waals surface area contributed by atoms with Crippen molar-refractivity contribution in [3.8, 4) is 0 Å². The summed E-state index contributed by atoms with van der Waals surface area (Å²) in [7, 11) is 0. The van der Waals surface area contributed by atoms with Crippen molar-refractivity contribution in [1.29, 1.82) is 0 Å². The van der Waals surface area contributed by atoms with Gasteiger partial charge in [-0.3, -0.25) is 4.79 Å². The number of carbonyl (C=O) groups excluding carboxylic acids is 2. The summed E-state index contributed by atoms with van der Waals surface area (Å²) >= 11 is 0. The third-order valence-corrected chi connectivity index (χ3v) is 3.47. The van der Waals surface area contributed by atoms with Gasteiger partial charge in [0.25, 0.3) is 0 Å². The van der Waals surface area contributed by atoms with E-state index in [1.165, 1.54) is 0 Å². The predicted molar refractivity (Wildman–Crippen MR) is 86.4 cm³/mol. The van der Waals surface area contributed by atoms with Crippen molar-refractivity contribution in [3.05, 3.63) is 0 Å². The smallest absolute Gasteiger partial charge is 0.407 e. The fourth-order valence-corrected chi connectivity index (χ4v) is 2.53. The Morgan fingerprint density at radius 3 is 2.18 bits per heavy atom. The molecule has 0 aromatic rings. The van der Waals surface area contributed by atoms with Crippen LogP contribution in [0.2, 0.25) is 0 Å². The Hall–Kier alpha value is -1.30. The Morgan fingerprint density at radius 2 is 1.68 bits per heavy atom. The molecule has 0 aliphatic heterocycles. The third kappa shape index (κ3) is 6.64. The highest BCUT2D eigenvalue weighted by molar-refractivity contribution is 5.79. The van der Waals surface area contributed by atoms with Crippen LogP contribution in [0.25, 0.3) is 0 Å². The van der Waals surface area contributed by atoms with E-state index in [0.717, 1.165) is 6.42 Å². The molecule has 0 radical (unpaired) electrons. The maximum absolute atomic E-state index is 12.3. The van der Waals surface area contributed by atoms with E-state index in [-0.39, 0.29) is 29.4 Å². The Morgan fingerprint density at radius 1 is 1.09 bits per heavy atom. The van der Waals surface area contributed by atoms with Gasteiger partial charge in [0.05, 0.1) is 0 Å². The molecule has 1 rings (SSSR count). The Balaban J connectivity index is 2.60. The minimum Gasteiger partial charge on any atom is -0.444 e. The number of carbonyl (C=O) groups is 2. The molecule has 3 unspecified atom stereocenters. The predicted octanol–water partition coefficient (Wildman–Crippen LogP) is 1.92. The lowest BCUT2D eigenvalue weighted by Gasteiger charge is -2.35. The van der Waals surface area contributed by atoms with Gasteiger partial charge in [-0.2, -0.15) is 0 Å². The lowest BCUT2D eigenvalue weighted by molar-refractivity contribution is -0.127. The fraction of sp³-hybridized carbons (Fsp3) is 0.875. The molecule has 22 heavy (non-hydrogen) atoms. The molecule has 1 saturated carbocycles. The number of nitrogens with one attached hydrogen (secondary N) is 2. The number of alkyl carbamates (subject to hydrolysis) is 1.